The summed E-state index contributed by atoms with van der Waals surface area (Å²) in [5.41, 5.74) is 5.13. The molecular weight excluding hydrogens is 246 g/mol. The van der Waals surface area contributed by atoms with Gasteiger partial charge in [-0.25, -0.2) is 9.97 Å². The summed E-state index contributed by atoms with van der Waals surface area (Å²) in [5.74, 6) is 0.754. The van der Waals surface area contributed by atoms with Gasteiger partial charge in [-0.1, -0.05) is 29.8 Å². The predicted molar refractivity (Wildman–Crippen MR) is 80.2 cm³/mol. The first-order valence-electron chi connectivity index (χ1n) is 6.55. The van der Waals surface area contributed by atoms with Crippen LogP contribution in [0.5, 0.6) is 0 Å². The van der Waals surface area contributed by atoms with Crippen LogP contribution in [0.1, 0.15) is 11.3 Å². The van der Waals surface area contributed by atoms with Crippen molar-refractivity contribution in [3.05, 3.63) is 66.1 Å². The number of pyridine rings is 1. The van der Waals surface area contributed by atoms with Crippen LogP contribution in [0.2, 0.25) is 0 Å². The van der Waals surface area contributed by atoms with Crippen molar-refractivity contribution in [3.8, 4) is 22.6 Å². The summed E-state index contributed by atoms with van der Waals surface area (Å²) in [6.45, 7) is 4.06. The van der Waals surface area contributed by atoms with Crippen molar-refractivity contribution in [1.82, 2.24) is 15.0 Å². The molecule has 0 aliphatic rings. The molecule has 0 fully saturated rings. The van der Waals surface area contributed by atoms with Crippen LogP contribution >= 0.6 is 0 Å². The normalized spacial score (nSPS) is 10.5. The van der Waals surface area contributed by atoms with Crippen LogP contribution in [-0.2, 0) is 0 Å². The number of benzene rings is 1. The topological polar surface area (TPSA) is 38.7 Å². The number of hydrogen-bond acceptors (Lipinski definition) is 3. The van der Waals surface area contributed by atoms with Crippen molar-refractivity contribution in [2.24, 2.45) is 0 Å². The minimum Gasteiger partial charge on any atom is -0.264 e. The molecular formula is C17H15N3. The van der Waals surface area contributed by atoms with Gasteiger partial charge in [0.1, 0.15) is 0 Å². The van der Waals surface area contributed by atoms with Crippen molar-refractivity contribution in [3.63, 3.8) is 0 Å². The van der Waals surface area contributed by atoms with E-state index in [4.69, 9.17) is 0 Å². The summed E-state index contributed by atoms with van der Waals surface area (Å²) >= 11 is 0. The van der Waals surface area contributed by atoms with E-state index in [0.717, 1.165) is 28.3 Å². The predicted octanol–water partition coefficient (Wildman–Crippen LogP) is 3.82. The SMILES string of the molecule is Cc1ccc(-c2nc(C)cc(-c3cccnc3)n2)cc1. The molecule has 3 aromatic rings. The van der Waals surface area contributed by atoms with Crippen LogP contribution in [0.4, 0.5) is 0 Å². The number of aromatic nitrogens is 3. The molecule has 0 saturated carbocycles. The molecule has 3 rings (SSSR count). The van der Waals surface area contributed by atoms with Gasteiger partial charge in [0.2, 0.25) is 0 Å². The third-order valence-electron chi connectivity index (χ3n) is 3.12. The molecule has 0 unspecified atom stereocenters. The Morgan fingerprint density at radius 1 is 0.850 bits per heavy atom. The minimum absolute atomic E-state index is 0.754. The number of nitrogens with zero attached hydrogens (tertiary/aromatic N) is 3. The van der Waals surface area contributed by atoms with Crippen LogP contribution in [0.3, 0.4) is 0 Å². The van der Waals surface area contributed by atoms with Crippen molar-refractivity contribution in [2.45, 2.75) is 13.8 Å². The maximum absolute atomic E-state index is 4.65. The highest BCUT2D eigenvalue weighted by Crippen LogP contribution is 2.21. The molecule has 0 radical (unpaired) electrons. The van der Waals surface area contributed by atoms with Gasteiger partial charge in [-0.3, -0.25) is 4.98 Å². The first kappa shape index (κ1) is 12.5. The molecule has 0 bridgehead atoms. The maximum atomic E-state index is 4.65. The van der Waals surface area contributed by atoms with Gasteiger partial charge >= 0.3 is 0 Å². The standard InChI is InChI=1S/C17H15N3/c1-12-5-7-14(8-6-12)17-19-13(2)10-16(20-17)15-4-3-9-18-11-15/h3-11H,1-2H3. The molecule has 1 aromatic carbocycles. The van der Waals surface area contributed by atoms with Gasteiger partial charge in [0.25, 0.3) is 0 Å². The van der Waals surface area contributed by atoms with E-state index in [1.54, 1.807) is 6.20 Å². The fraction of sp³-hybridized carbons (Fsp3) is 0.118. The Hall–Kier alpha value is -2.55. The van der Waals surface area contributed by atoms with E-state index in [2.05, 4.69) is 46.1 Å². The van der Waals surface area contributed by atoms with Crippen molar-refractivity contribution in [1.29, 1.82) is 0 Å². The van der Waals surface area contributed by atoms with Gasteiger partial charge in [-0.05, 0) is 32.0 Å². The second kappa shape index (κ2) is 5.21. The van der Waals surface area contributed by atoms with E-state index in [9.17, 15) is 0 Å². The lowest BCUT2D eigenvalue weighted by atomic mass is 10.1. The van der Waals surface area contributed by atoms with Crippen molar-refractivity contribution < 1.29 is 0 Å². The molecule has 20 heavy (non-hydrogen) atoms. The molecule has 3 nitrogen and oxygen atoms in total. The first-order valence-corrected chi connectivity index (χ1v) is 6.55. The lowest BCUT2D eigenvalue weighted by Gasteiger charge is -2.06. The molecule has 0 saturated heterocycles. The van der Waals surface area contributed by atoms with E-state index in [1.165, 1.54) is 5.56 Å². The zero-order valence-electron chi connectivity index (χ0n) is 11.5. The van der Waals surface area contributed by atoms with Gasteiger partial charge in [0.15, 0.2) is 5.82 Å². The zero-order valence-corrected chi connectivity index (χ0v) is 11.5. The average Bonchev–Trinajstić information content (AvgIpc) is 2.48. The lowest BCUT2D eigenvalue weighted by molar-refractivity contribution is 1.11. The third kappa shape index (κ3) is 2.57. The van der Waals surface area contributed by atoms with E-state index >= 15 is 0 Å². The van der Waals surface area contributed by atoms with E-state index < -0.39 is 0 Å². The summed E-state index contributed by atoms with van der Waals surface area (Å²) in [5, 5.41) is 0. The minimum atomic E-state index is 0.754. The fourth-order valence-corrected chi connectivity index (χ4v) is 2.06. The number of aryl methyl sites for hydroxylation is 2. The number of hydrogen-bond donors (Lipinski definition) is 0. The third-order valence-corrected chi connectivity index (χ3v) is 3.12. The first-order chi connectivity index (χ1) is 9.72. The fourth-order valence-electron chi connectivity index (χ4n) is 2.06. The van der Waals surface area contributed by atoms with Gasteiger partial charge in [0.05, 0.1) is 5.69 Å². The summed E-state index contributed by atoms with van der Waals surface area (Å²) in [7, 11) is 0. The molecule has 0 atom stereocenters. The molecule has 0 N–H and O–H groups in total. The second-order valence-electron chi connectivity index (χ2n) is 4.83. The van der Waals surface area contributed by atoms with E-state index in [-0.39, 0.29) is 0 Å². The lowest BCUT2D eigenvalue weighted by Crippen LogP contribution is -1.95. The smallest absolute Gasteiger partial charge is 0.160 e. The van der Waals surface area contributed by atoms with Crippen LogP contribution in [0.25, 0.3) is 22.6 Å². The van der Waals surface area contributed by atoms with Crippen LogP contribution in [0.15, 0.2) is 54.9 Å². The van der Waals surface area contributed by atoms with Crippen molar-refractivity contribution in [2.75, 3.05) is 0 Å². The Morgan fingerprint density at radius 3 is 2.35 bits per heavy atom. The number of rotatable bonds is 2. The van der Waals surface area contributed by atoms with Gasteiger partial charge in [-0.2, -0.15) is 0 Å². The maximum Gasteiger partial charge on any atom is 0.160 e. The molecule has 0 aliphatic heterocycles. The Morgan fingerprint density at radius 2 is 1.65 bits per heavy atom. The summed E-state index contributed by atoms with van der Waals surface area (Å²) in [4.78, 5) is 13.3. The molecule has 98 valence electrons. The summed E-state index contributed by atoms with van der Waals surface area (Å²) in [6, 6.07) is 14.2. The summed E-state index contributed by atoms with van der Waals surface area (Å²) < 4.78 is 0. The highest BCUT2D eigenvalue weighted by atomic mass is 14.9. The Balaban J connectivity index is 2.09. The Labute approximate surface area is 118 Å². The zero-order chi connectivity index (χ0) is 13.9. The quantitative estimate of drug-likeness (QED) is 0.704. The Bertz CT molecular complexity index is 719. The average molecular weight is 261 g/mol. The molecule has 0 spiro atoms. The van der Waals surface area contributed by atoms with Gasteiger partial charge in [-0.15, -0.1) is 0 Å². The van der Waals surface area contributed by atoms with Crippen LogP contribution < -0.4 is 0 Å². The molecule has 0 aliphatic carbocycles. The molecule has 0 amide bonds. The highest BCUT2D eigenvalue weighted by molar-refractivity contribution is 5.63. The van der Waals surface area contributed by atoms with Crippen molar-refractivity contribution >= 4 is 0 Å². The van der Waals surface area contributed by atoms with E-state index in [1.807, 2.05) is 31.3 Å². The second-order valence-corrected chi connectivity index (χ2v) is 4.83. The summed E-state index contributed by atoms with van der Waals surface area (Å²) in [6.07, 6.45) is 3.58. The monoisotopic (exact) mass is 261 g/mol. The largest absolute Gasteiger partial charge is 0.264 e. The molecule has 2 heterocycles. The van der Waals surface area contributed by atoms with Crippen LogP contribution in [-0.4, -0.2) is 15.0 Å². The van der Waals surface area contributed by atoms with E-state index in [0.29, 0.717) is 0 Å². The van der Waals surface area contributed by atoms with Gasteiger partial charge < -0.3 is 0 Å². The molecule has 2 aromatic heterocycles. The van der Waals surface area contributed by atoms with Crippen LogP contribution in [0, 0.1) is 13.8 Å². The molecule has 3 heteroatoms. The highest BCUT2D eigenvalue weighted by Gasteiger charge is 2.06. The van der Waals surface area contributed by atoms with Gasteiger partial charge in [0, 0.05) is 29.2 Å². The Kier molecular flexibility index (Phi) is 3.25.